The molecule has 6 nitrogen and oxygen atoms in total. The van der Waals surface area contributed by atoms with Crippen molar-refractivity contribution < 1.29 is 19.1 Å². The molecule has 1 aromatic heterocycles. The number of amides is 1. The third-order valence-electron chi connectivity index (χ3n) is 5.06. The molecular weight excluding hydrogens is 358 g/mol. The van der Waals surface area contributed by atoms with Crippen LogP contribution in [0.15, 0.2) is 63.8 Å². The quantitative estimate of drug-likeness (QED) is 0.690. The topological polar surface area (TPSA) is 80.0 Å². The first-order chi connectivity index (χ1) is 13.7. The zero-order valence-electron chi connectivity index (χ0n) is 15.3. The molecule has 1 unspecified atom stereocenters. The molecule has 28 heavy (non-hydrogen) atoms. The minimum Gasteiger partial charge on any atom is -0.484 e. The lowest BCUT2D eigenvalue weighted by Gasteiger charge is -2.22. The van der Waals surface area contributed by atoms with E-state index in [-0.39, 0.29) is 25.2 Å². The zero-order chi connectivity index (χ0) is 19.5. The highest BCUT2D eigenvalue weighted by Crippen LogP contribution is 2.24. The van der Waals surface area contributed by atoms with Crippen molar-refractivity contribution in [2.24, 2.45) is 0 Å². The molecule has 144 valence electrons. The van der Waals surface area contributed by atoms with Gasteiger partial charge in [0.15, 0.2) is 6.61 Å². The van der Waals surface area contributed by atoms with Crippen molar-refractivity contribution in [3.63, 3.8) is 0 Å². The third-order valence-corrected chi connectivity index (χ3v) is 5.06. The van der Waals surface area contributed by atoms with Gasteiger partial charge in [-0.3, -0.25) is 4.79 Å². The predicted octanol–water partition coefficient (Wildman–Crippen LogP) is 2.82. The van der Waals surface area contributed by atoms with Crippen LogP contribution in [0.25, 0.3) is 22.1 Å². The summed E-state index contributed by atoms with van der Waals surface area (Å²) in [5, 5.41) is 10.1. The van der Waals surface area contributed by atoms with E-state index in [1.807, 2.05) is 30.3 Å². The van der Waals surface area contributed by atoms with E-state index < -0.39 is 5.63 Å². The van der Waals surface area contributed by atoms with Gasteiger partial charge in [-0.2, -0.15) is 0 Å². The van der Waals surface area contributed by atoms with E-state index in [4.69, 9.17) is 9.15 Å². The summed E-state index contributed by atoms with van der Waals surface area (Å²) in [7, 11) is 0. The number of likely N-dealkylation sites (tertiary alicyclic amines) is 1. The summed E-state index contributed by atoms with van der Waals surface area (Å²) in [6, 6.07) is 16.2. The molecule has 1 aliphatic rings. The highest BCUT2D eigenvalue weighted by atomic mass is 16.5. The van der Waals surface area contributed by atoms with E-state index in [0.29, 0.717) is 23.4 Å². The number of carbonyl (C=O) groups is 1. The number of aliphatic hydroxyl groups is 1. The monoisotopic (exact) mass is 379 g/mol. The van der Waals surface area contributed by atoms with E-state index in [9.17, 15) is 14.7 Å². The number of aliphatic hydroxyl groups excluding tert-OH is 1. The molecule has 0 spiro atoms. The van der Waals surface area contributed by atoms with Crippen molar-refractivity contribution in [2.45, 2.75) is 18.9 Å². The van der Waals surface area contributed by atoms with E-state index in [1.165, 1.54) is 0 Å². The summed E-state index contributed by atoms with van der Waals surface area (Å²) in [5.74, 6) is 0.300. The van der Waals surface area contributed by atoms with Crippen LogP contribution in [0.4, 0.5) is 0 Å². The van der Waals surface area contributed by atoms with Crippen LogP contribution in [0.5, 0.6) is 5.75 Å². The van der Waals surface area contributed by atoms with Gasteiger partial charge in [0, 0.05) is 18.0 Å². The average molecular weight is 379 g/mol. The number of nitrogens with zero attached hydrogens (tertiary/aromatic N) is 1. The van der Waals surface area contributed by atoms with Gasteiger partial charge in [0.2, 0.25) is 0 Å². The molecule has 2 heterocycles. The first-order valence-corrected chi connectivity index (χ1v) is 9.32. The molecule has 1 fully saturated rings. The van der Waals surface area contributed by atoms with Gasteiger partial charge in [0.05, 0.1) is 18.2 Å². The van der Waals surface area contributed by atoms with Crippen LogP contribution in [0.1, 0.15) is 12.8 Å². The fraction of sp³-hybridized carbons (Fsp3) is 0.273. The minimum atomic E-state index is -0.421. The average Bonchev–Trinajstić information content (AvgIpc) is 3.21. The normalized spacial score (nSPS) is 16.5. The summed E-state index contributed by atoms with van der Waals surface area (Å²) in [6.45, 7) is 0.493. The molecular formula is C22H21NO5. The van der Waals surface area contributed by atoms with Gasteiger partial charge in [-0.15, -0.1) is 0 Å². The predicted molar refractivity (Wildman–Crippen MR) is 105 cm³/mol. The number of carbonyl (C=O) groups excluding carboxylic acids is 1. The van der Waals surface area contributed by atoms with Crippen molar-refractivity contribution in [1.29, 1.82) is 0 Å². The number of hydrogen-bond donors (Lipinski definition) is 1. The molecule has 2 aromatic carbocycles. The van der Waals surface area contributed by atoms with Crippen LogP contribution in [0, 0.1) is 0 Å². The Labute approximate surface area is 162 Å². The Bertz CT molecular complexity index is 1040. The molecule has 3 aromatic rings. The Balaban J connectivity index is 1.52. The van der Waals surface area contributed by atoms with Gasteiger partial charge < -0.3 is 19.2 Å². The molecule has 6 heteroatoms. The lowest BCUT2D eigenvalue weighted by atomic mass is 10.1. The van der Waals surface area contributed by atoms with Crippen molar-refractivity contribution in [2.75, 3.05) is 19.8 Å². The summed E-state index contributed by atoms with van der Waals surface area (Å²) < 4.78 is 11.1. The van der Waals surface area contributed by atoms with Gasteiger partial charge in [-0.25, -0.2) is 4.79 Å². The van der Waals surface area contributed by atoms with Gasteiger partial charge in [0.25, 0.3) is 5.91 Å². The zero-order valence-corrected chi connectivity index (χ0v) is 15.3. The fourth-order valence-electron chi connectivity index (χ4n) is 3.58. The smallest absolute Gasteiger partial charge is 0.344 e. The van der Waals surface area contributed by atoms with Gasteiger partial charge in [0.1, 0.15) is 11.3 Å². The largest absolute Gasteiger partial charge is 0.484 e. The van der Waals surface area contributed by atoms with Crippen LogP contribution in [-0.2, 0) is 4.79 Å². The summed E-state index contributed by atoms with van der Waals surface area (Å²) in [4.78, 5) is 26.3. The second-order valence-electron chi connectivity index (χ2n) is 6.87. The highest BCUT2D eigenvalue weighted by Gasteiger charge is 2.28. The standard InChI is InChI=1S/C22H21NO5/c24-13-17-7-4-10-23(17)21(25)14-27-18-9-8-16-11-19(15-5-2-1-3-6-15)22(26)28-20(16)12-18/h1-3,5-6,8-9,11-12,17,24H,4,7,10,13-14H2. The first kappa shape index (κ1) is 18.3. The Kier molecular flexibility index (Phi) is 5.12. The number of ether oxygens (including phenoxy) is 1. The third kappa shape index (κ3) is 3.64. The Morgan fingerprint density at radius 2 is 2.00 bits per heavy atom. The molecule has 4 rings (SSSR count). The number of hydrogen-bond acceptors (Lipinski definition) is 5. The van der Waals surface area contributed by atoms with E-state index in [2.05, 4.69) is 0 Å². The lowest BCUT2D eigenvalue weighted by Crippen LogP contribution is -2.40. The summed E-state index contributed by atoms with van der Waals surface area (Å²) in [6.07, 6.45) is 1.70. The molecule has 0 saturated carbocycles. The maximum atomic E-state index is 12.4. The van der Waals surface area contributed by atoms with Gasteiger partial charge in [-0.1, -0.05) is 30.3 Å². The Hall–Kier alpha value is -3.12. The van der Waals surface area contributed by atoms with E-state index in [0.717, 1.165) is 23.8 Å². The minimum absolute atomic E-state index is 0.0311. The SMILES string of the molecule is O=C(COc1ccc2cc(-c3ccccc3)c(=O)oc2c1)N1CCCC1CO. The lowest BCUT2D eigenvalue weighted by molar-refractivity contribution is -0.134. The number of rotatable bonds is 5. The molecule has 0 aliphatic carbocycles. The molecule has 0 bridgehead atoms. The second kappa shape index (κ2) is 7.86. The highest BCUT2D eigenvalue weighted by molar-refractivity contribution is 5.83. The molecule has 1 aliphatic heterocycles. The molecule has 1 atom stereocenters. The Morgan fingerprint density at radius 1 is 1.18 bits per heavy atom. The van der Waals surface area contributed by atoms with Crippen molar-refractivity contribution in [1.82, 2.24) is 4.90 Å². The van der Waals surface area contributed by atoms with Crippen LogP contribution in [-0.4, -0.2) is 41.7 Å². The van der Waals surface area contributed by atoms with E-state index >= 15 is 0 Å². The Morgan fingerprint density at radius 3 is 2.79 bits per heavy atom. The number of fused-ring (bicyclic) bond motifs is 1. The molecule has 0 radical (unpaired) electrons. The van der Waals surface area contributed by atoms with Crippen molar-refractivity contribution >= 4 is 16.9 Å². The summed E-state index contributed by atoms with van der Waals surface area (Å²) >= 11 is 0. The molecule has 1 saturated heterocycles. The van der Waals surface area contributed by atoms with Gasteiger partial charge in [-0.05, 0) is 36.6 Å². The van der Waals surface area contributed by atoms with Crippen LogP contribution < -0.4 is 10.4 Å². The van der Waals surface area contributed by atoms with E-state index in [1.54, 1.807) is 29.2 Å². The fourth-order valence-corrected chi connectivity index (χ4v) is 3.58. The van der Waals surface area contributed by atoms with Gasteiger partial charge >= 0.3 is 5.63 Å². The molecule has 1 N–H and O–H groups in total. The van der Waals surface area contributed by atoms with Crippen molar-refractivity contribution in [3.8, 4) is 16.9 Å². The second-order valence-corrected chi connectivity index (χ2v) is 6.87. The van der Waals surface area contributed by atoms with Crippen molar-refractivity contribution in [3.05, 3.63) is 65.0 Å². The summed E-state index contributed by atoms with van der Waals surface area (Å²) in [5.41, 5.74) is 1.29. The first-order valence-electron chi connectivity index (χ1n) is 9.32. The number of benzene rings is 2. The van der Waals surface area contributed by atoms with Crippen LogP contribution >= 0.6 is 0 Å². The van der Waals surface area contributed by atoms with Crippen LogP contribution in [0.3, 0.4) is 0 Å². The maximum absolute atomic E-state index is 12.4. The molecule has 1 amide bonds. The van der Waals surface area contributed by atoms with Crippen LogP contribution in [0.2, 0.25) is 0 Å². The maximum Gasteiger partial charge on any atom is 0.344 e.